The second-order valence-corrected chi connectivity index (χ2v) is 5.24. The van der Waals surface area contributed by atoms with Crippen LogP contribution in [0, 0.1) is 0 Å². The van der Waals surface area contributed by atoms with Crippen LogP contribution in [0.1, 0.15) is 30.1 Å². The molecule has 0 bridgehead atoms. The summed E-state index contributed by atoms with van der Waals surface area (Å²) in [4.78, 5) is 17.0. The average molecular weight is 330 g/mol. The van der Waals surface area contributed by atoms with Gasteiger partial charge < -0.3 is 9.15 Å². The minimum atomic E-state index is -0.458. The molecule has 4 nitrogen and oxygen atoms in total. The summed E-state index contributed by atoms with van der Waals surface area (Å²) >= 11 is 4.93. The maximum atomic E-state index is 11.7. The molecule has 2 rings (SSSR count). The highest BCUT2D eigenvalue weighted by molar-refractivity contribution is 9.10. The smallest absolute Gasteiger partial charge is 0.376 e. The maximum absolute atomic E-state index is 11.7. The number of hydrogen-bond donors (Lipinski definition) is 0. The van der Waals surface area contributed by atoms with E-state index in [1.165, 1.54) is 11.3 Å². The monoisotopic (exact) mass is 329 g/mol. The third-order valence-electron chi connectivity index (χ3n) is 2.30. The number of carbonyl (C=O) groups is 1. The van der Waals surface area contributed by atoms with Gasteiger partial charge in [-0.15, -0.1) is 11.3 Å². The van der Waals surface area contributed by atoms with Crippen molar-refractivity contribution >= 4 is 33.2 Å². The van der Waals surface area contributed by atoms with Crippen molar-refractivity contribution in [1.82, 2.24) is 4.98 Å². The number of hydrogen-bond acceptors (Lipinski definition) is 5. The molecule has 0 aliphatic carbocycles. The molecule has 18 heavy (non-hydrogen) atoms. The zero-order valence-electron chi connectivity index (χ0n) is 10.0. The molecule has 96 valence electrons. The molecule has 0 aliphatic heterocycles. The first-order chi connectivity index (χ1) is 8.67. The van der Waals surface area contributed by atoms with E-state index < -0.39 is 5.97 Å². The molecular weight excluding hydrogens is 318 g/mol. The van der Waals surface area contributed by atoms with Crippen molar-refractivity contribution in [3.63, 3.8) is 0 Å². The lowest BCUT2D eigenvalue weighted by atomic mass is 10.3. The lowest BCUT2D eigenvalue weighted by molar-refractivity contribution is 0.0489. The Morgan fingerprint density at radius 3 is 2.89 bits per heavy atom. The molecule has 0 aliphatic rings. The summed E-state index contributed by atoms with van der Waals surface area (Å²) in [5.41, 5.74) is 0.628. The molecule has 0 fully saturated rings. The van der Waals surface area contributed by atoms with Gasteiger partial charge in [-0.05, 0) is 40.7 Å². The fourth-order valence-electron chi connectivity index (χ4n) is 1.49. The predicted octanol–water partition coefficient (Wildman–Crippen LogP) is 3.90. The van der Waals surface area contributed by atoms with Gasteiger partial charge in [0.2, 0.25) is 11.7 Å². The van der Waals surface area contributed by atoms with Crippen molar-refractivity contribution in [2.45, 2.75) is 20.3 Å². The molecule has 0 unspecified atom stereocenters. The first kappa shape index (κ1) is 13.3. The van der Waals surface area contributed by atoms with E-state index in [0.29, 0.717) is 24.6 Å². The quantitative estimate of drug-likeness (QED) is 0.798. The van der Waals surface area contributed by atoms with E-state index in [1.54, 1.807) is 6.92 Å². The first-order valence-corrected chi connectivity index (χ1v) is 7.24. The highest BCUT2D eigenvalue weighted by atomic mass is 79.9. The van der Waals surface area contributed by atoms with Crippen LogP contribution in [-0.2, 0) is 11.2 Å². The van der Waals surface area contributed by atoms with Crippen LogP contribution in [0.15, 0.2) is 20.3 Å². The zero-order chi connectivity index (χ0) is 13.1. The fourth-order valence-corrected chi connectivity index (χ4v) is 2.96. The Balaban J connectivity index is 2.41. The number of oxazole rings is 1. The lowest BCUT2D eigenvalue weighted by Gasteiger charge is -1.98. The van der Waals surface area contributed by atoms with E-state index in [0.717, 1.165) is 9.35 Å². The minimum Gasteiger partial charge on any atom is -0.460 e. The van der Waals surface area contributed by atoms with Crippen molar-refractivity contribution in [1.29, 1.82) is 0 Å². The molecule has 2 heterocycles. The van der Waals surface area contributed by atoms with E-state index in [9.17, 15) is 4.79 Å². The van der Waals surface area contributed by atoms with Crippen molar-refractivity contribution < 1.29 is 13.9 Å². The summed E-state index contributed by atoms with van der Waals surface area (Å²) in [6.07, 6.45) is 0.626. The summed E-state index contributed by atoms with van der Waals surface area (Å²) in [5.74, 6) is 0.201. The van der Waals surface area contributed by atoms with Crippen molar-refractivity contribution in [2.24, 2.45) is 0 Å². The van der Waals surface area contributed by atoms with Crippen molar-refractivity contribution in [3.05, 3.63) is 27.4 Å². The normalized spacial score (nSPS) is 10.6. The average Bonchev–Trinajstić information content (AvgIpc) is 2.94. The Morgan fingerprint density at radius 2 is 2.33 bits per heavy atom. The SMILES string of the molecule is CCOC(=O)c1oc(-c2sccc2Br)nc1CC. The van der Waals surface area contributed by atoms with Gasteiger partial charge in [0.05, 0.1) is 12.3 Å². The van der Waals surface area contributed by atoms with Gasteiger partial charge >= 0.3 is 5.97 Å². The predicted molar refractivity (Wildman–Crippen MR) is 72.9 cm³/mol. The second kappa shape index (κ2) is 5.67. The molecule has 6 heteroatoms. The van der Waals surface area contributed by atoms with E-state index in [1.807, 2.05) is 18.4 Å². The number of nitrogens with zero attached hydrogens (tertiary/aromatic N) is 1. The van der Waals surface area contributed by atoms with Gasteiger partial charge in [-0.25, -0.2) is 9.78 Å². The maximum Gasteiger partial charge on any atom is 0.376 e. The largest absolute Gasteiger partial charge is 0.460 e. The minimum absolute atomic E-state index is 0.203. The van der Waals surface area contributed by atoms with Crippen LogP contribution in [0.2, 0.25) is 0 Å². The Labute approximate surface area is 117 Å². The van der Waals surface area contributed by atoms with Gasteiger partial charge in [0.15, 0.2) is 0 Å². The molecule has 0 radical (unpaired) electrons. The molecule has 0 aromatic carbocycles. The highest BCUT2D eigenvalue weighted by Gasteiger charge is 2.22. The Hall–Kier alpha value is -1.14. The molecule has 0 amide bonds. The van der Waals surface area contributed by atoms with Crippen LogP contribution >= 0.6 is 27.3 Å². The van der Waals surface area contributed by atoms with Crippen LogP contribution in [0.5, 0.6) is 0 Å². The molecule has 0 atom stereocenters. The first-order valence-electron chi connectivity index (χ1n) is 5.57. The van der Waals surface area contributed by atoms with Gasteiger partial charge in [-0.3, -0.25) is 0 Å². The van der Waals surface area contributed by atoms with Crippen LogP contribution in [0.4, 0.5) is 0 Å². The summed E-state index contributed by atoms with van der Waals surface area (Å²) in [6, 6.07) is 1.92. The number of aromatic nitrogens is 1. The van der Waals surface area contributed by atoms with Crippen LogP contribution in [0.25, 0.3) is 10.8 Å². The molecular formula is C12H12BrNO3S. The molecule has 0 N–H and O–H groups in total. The van der Waals surface area contributed by atoms with E-state index in [-0.39, 0.29) is 5.76 Å². The number of thiophene rings is 1. The Bertz CT molecular complexity index is 561. The number of ether oxygens (including phenoxy) is 1. The van der Waals surface area contributed by atoms with Crippen LogP contribution < -0.4 is 0 Å². The van der Waals surface area contributed by atoms with E-state index >= 15 is 0 Å². The van der Waals surface area contributed by atoms with Crippen LogP contribution in [0.3, 0.4) is 0 Å². The van der Waals surface area contributed by atoms with Gasteiger partial charge in [0, 0.05) is 4.47 Å². The molecule has 2 aromatic rings. The highest BCUT2D eigenvalue weighted by Crippen LogP contribution is 2.34. The van der Waals surface area contributed by atoms with Crippen molar-refractivity contribution in [3.8, 4) is 10.8 Å². The van der Waals surface area contributed by atoms with Crippen LogP contribution in [-0.4, -0.2) is 17.6 Å². The number of aryl methyl sites for hydroxylation is 1. The standard InChI is InChI=1S/C12H12BrNO3S/c1-3-8-9(12(15)16-4-2)17-11(14-8)10-7(13)5-6-18-10/h5-6H,3-4H2,1-2H3. The fraction of sp³-hybridized carbons (Fsp3) is 0.333. The van der Waals surface area contributed by atoms with Gasteiger partial charge in [-0.1, -0.05) is 6.92 Å². The number of rotatable bonds is 4. The lowest BCUT2D eigenvalue weighted by Crippen LogP contribution is -2.05. The zero-order valence-corrected chi connectivity index (χ0v) is 12.4. The van der Waals surface area contributed by atoms with Gasteiger partial charge in [0.25, 0.3) is 0 Å². The van der Waals surface area contributed by atoms with E-state index in [2.05, 4.69) is 20.9 Å². The molecule has 0 saturated carbocycles. The van der Waals surface area contributed by atoms with Gasteiger partial charge in [-0.2, -0.15) is 0 Å². The summed E-state index contributed by atoms with van der Waals surface area (Å²) < 4.78 is 11.4. The van der Waals surface area contributed by atoms with E-state index in [4.69, 9.17) is 9.15 Å². The topological polar surface area (TPSA) is 52.3 Å². The summed E-state index contributed by atoms with van der Waals surface area (Å²) in [5, 5.41) is 1.93. The van der Waals surface area contributed by atoms with Crippen molar-refractivity contribution in [2.75, 3.05) is 6.61 Å². The Kier molecular flexibility index (Phi) is 4.19. The molecule has 0 spiro atoms. The van der Waals surface area contributed by atoms with Gasteiger partial charge in [0.1, 0.15) is 4.88 Å². The number of carbonyl (C=O) groups excluding carboxylic acids is 1. The Morgan fingerprint density at radius 1 is 1.56 bits per heavy atom. The second-order valence-electron chi connectivity index (χ2n) is 3.47. The third-order valence-corrected chi connectivity index (χ3v) is 4.13. The number of halogens is 1. The summed E-state index contributed by atoms with van der Waals surface area (Å²) in [6.45, 7) is 4.01. The number of esters is 1. The molecule has 0 saturated heterocycles. The molecule has 2 aromatic heterocycles. The summed E-state index contributed by atoms with van der Waals surface area (Å²) in [7, 11) is 0. The third kappa shape index (κ3) is 2.49.